The molecule has 0 unspecified atom stereocenters. The molecule has 0 amide bonds. The number of aliphatic hydroxyl groups is 1. The number of fused-ring (bicyclic) bond motifs is 1. The fourth-order valence-electron chi connectivity index (χ4n) is 3.26. The predicted molar refractivity (Wildman–Crippen MR) is 101 cm³/mol. The molecular weight excluding hydrogens is 351 g/mol. The van der Waals surface area contributed by atoms with Gasteiger partial charge in [-0.15, -0.1) is 0 Å². The molecule has 2 N–H and O–H groups in total. The molecule has 0 spiro atoms. The molecule has 0 heterocycles. The van der Waals surface area contributed by atoms with Crippen LogP contribution in [-0.4, -0.2) is 11.7 Å². The summed E-state index contributed by atoms with van der Waals surface area (Å²) in [6, 6.07) is 19.2. The minimum atomic E-state index is -4.41. The highest BCUT2D eigenvalue weighted by molar-refractivity contribution is 5.86. The fraction of sp³-hybridized carbons (Fsp3) is 0.273. The molecule has 0 radical (unpaired) electrons. The smallest absolute Gasteiger partial charge is 0.388 e. The standard InChI is InChI=1S/C22H22F3NO/c1-15(19-11-5-7-16-6-2-3-10-20(16)19)26-13-12-21(27)17-8-4-9-18(14-17)22(23,24)25/h2-11,14-15,21,26-27H,12-13H2,1H3/t15-,21-/m1/s1. The van der Waals surface area contributed by atoms with E-state index in [4.69, 9.17) is 0 Å². The summed E-state index contributed by atoms with van der Waals surface area (Å²) < 4.78 is 38.4. The first kappa shape index (κ1) is 19.4. The molecule has 3 aromatic rings. The Bertz CT molecular complexity index is 902. The van der Waals surface area contributed by atoms with Gasteiger partial charge in [-0.3, -0.25) is 0 Å². The molecule has 27 heavy (non-hydrogen) atoms. The number of nitrogens with one attached hydrogen (secondary N) is 1. The number of benzene rings is 3. The number of hydrogen-bond acceptors (Lipinski definition) is 2. The summed E-state index contributed by atoms with van der Waals surface area (Å²) in [7, 11) is 0. The van der Waals surface area contributed by atoms with Crippen LogP contribution in [0.4, 0.5) is 13.2 Å². The molecule has 0 aliphatic carbocycles. The zero-order valence-corrected chi connectivity index (χ0v) is 15.0. The predicted octanol–water partition coefficient (Wildman–Crippen LogP) is 5.63. The molecule has 0 saturated heterocycles. The van der Waals surface area contributed by atoms with Crippen LogP contribution in [0.5, 0.6) is 0 Å². The van der Waals surface area contributed by atoms with Gasteiger partial charge in [-0.2, -0.15) is 13.2 Å². The molecule has 3 aromatic carbocycles. The molecular formula is C22H22F3NO. The fourth-order valence-corrected chi connectivity index (χ4v) is 3.26. The highest BCUT2D eigenvalue weighted by atomic mass is 19.4. The number of rotatable bonds is 6. The van der Waals surface area contributed by atoms with Crippen molar-refractivity contribution in [3.8, 4) is 0 Å². The Morgan fingerprint density at radius 3 is 2.44 bits per heavy atom. The lowest BCUT2D eigenvalue weighted by Crippen LogP contribution is -2.21. The van der Waals surface area contributed by atoms with E-state index >= 15 is 0 Å². The second-order valence-corrected chi connectivity index (χ2v) is 6.67. The van der Waals surface area contributed by atoms with Gasteiger partial charge in [0.05, 0.1) is 11.7 Å². The maximum Gasteiger partial charge on any atom is 0.416 e. The first-order valence-corrected chi connectivity index (χ1v) is 8.92. The molecule has 0 aromatic heterocycles. The van der Waals surface area contributed by atoms with E-state index in [2.05, 4.69) is 29.6 Å². The van der Waals surface area contributed by atoms with Crippen molar-refractivity contribution >= 4 is 10.8 Å². The highest BCUT2D eigenvalue weighted by Gasteiger charge is 2.30. The van der Waals surface area contributed by atoms with Crippen LogP contribution < -0.4 is 5.32 Å². The maximum atomic E-state index is 12.8. The van der Waals surface area contributed by atoms with Crippen LogP contribution in [-0.2, 0) is 6.18 Å². The monoisotopic (exact) mass is 373 g/mol. The summed E-state index contributed by atoms with van der Waals surface area (Å²) in [6.45, 7) is 2.53. The number of alkyl halides is 3. The van der Waals surface area contributed by atoms with Crippen molar-refractivity contribution in [3.05, 3.63) is 83.4 Å². The van der Waals surface area contributed by atoms with Crippen LogP contribution in [0.3, 0.4) is 0 Å². The molecule has 3 rings (SSSR count). The van der Waals surface area contributed by atoms with Crippen molar-refractivity contribution in [2.24, 2.45) is 0 Å². The summed E-state index contributed by atoms with van der Waals surface area (Å²) in [5, 5.41) is 15.9. The van der Waals surface area contributed by atoms with Crippen molar-refractivity contribution < 1.29 is 18.3 Å². The van der Waals surface area contributed by atoms with Gasteiger partial charge in [-0.05, 0) is 53.9 Å². The van der Waals surface area contributed by atoms with Crippen LogP contribution >= 0.6 is 0 Å². The van der Waals surface area contributed by atoms with Crippen molar-refractivity contribution in [3.63, 3.8) is 0 Å². The number of halogens is 3. The molecule has 2 nitrogen and oxygen atoms in total. The SMILES string of the molecule is C[C@@H](NCC[C@@H](O)c1cccc(C(F)(F)F)c1)c1cccc2ccccc12. The third kappa shape index (κ3) is 4.67. The molecule has 0 fully saturated rings. The third-order valence-corrected chi connectivity index (χ3v) is 4.76. The minimum absolute atomic E-state index is 0.0600. The summed E-state index contributed by atoms with van der Waals surface area (Å²) in [5.41, 5.74) is 0.697. The van der Waals surface area contributed by atoms with Crippen LogP contribution in [0.25, 0.3) is 10.8 Å². The molecule has 5 heteroatoms. The Hall–Kier alpha value is -2.37. The largest absolute Gasteiger partial charge is 0.416 e. The minimum Gasteiger partial charge on any atom is -0.388 e. The van der Waals surface area contributed by atoms with Gasteiger partial charge < -0.3 is 10.4 Å². The van der Waals surface area contributed by atoms with Gasteiger partial charge in [0.2, 0.25) is 0 Å². The Labute approximate surface area is 156 Å². The number of hydrogen-bond donors (Lipinski definition) is 2. The normalized spacial score (nSPS) is 14.3. The van der Waals surface area contributed by atoms with Gasteiger partial charge in [-0.1, -0.05) is 54.6 Å². The van der Waals surface area contributed by atoms with E-state index in [1.54, 1.807) is 0 Å². The average molecular weight is 373 g/mol. The van der Waals surface area contributed by atoms with Gasteiger partial charge in [0, 0.05) is 6.04 Å². The Kier molecular flexibility index (Phi) is 5.82. The summed E-state index contributed by atoms with van der Waals surface area (Å²) in [4.78, 5) is 0. The van der Waals surface area contributed by atoms with Crippen LogP contribution in [0, 0.1) is 0 Å². The first-order chi connectivity index (χ1) is 12.9. The highest BCUT2D eigenvalue weighted by Crippen LogP contribution is 2.31. The molecule has 0 saturated carbocycles. The van der Waals surface area contributed by atoms with Gasteiger partial charge in [0.25, 0.3) is 0 Å². The van der Waals surface area contributed by atoms with Crippen molar-refractivity contribution in [1.82, 2.24) is 5.32 Å². The van der Waals surface area contributed by atoms with Crippen molar-refractivity contribution in [2.75, 3.05) is 6.54 Å². The molecule has 0 bridgehead atoms. The Morgan fingerprint density at radius 1 is 0.963 bits per heavy atom. The third-order valence-electron chi connectivity index (χ3n) is 4.76. The van der Waals surface area contributed by atoms with E-state index in [0.29, 0.717) is 13.0 Å². The lowest BCUT2D eigenvalue weighted by atomic mass is 9.99. The van der Waals surface area contributed by atoms with E-state index in [0.717, 1.165) is 23.1 Å². The lowest BCUT2D eigenvalue weighted by Gasteiger charge is -2.18. The lowest BCUT2D eigenvalue weighted by molar-refractivity contribution is -0.137. The molecule has 0 aliphatic rings. The summed E-state index contributed by atoms with van der Waals surface area (Å²) in [6.07, 6.45) is -5.02. The van der Waals surface area contributed by atoms with E-state index in [1.165, 1.54) is 17.5 Å². The van der Waals surface area contributed by atoms with Gasteiger partial charge >= 0.3 is 6.18 Å². The molecule has 0 aliphatic heterocycles. The zero-order valence-electron chi connectivity index (χ0n) is 15.0. The first-order valence-electron chi connectivity index (χ1n) is 8.92. The summed E-state index contributed by atoms with van der Waals surface area (Å²) in [5.74, 6) is 0. The number of aliphatic hydroxyl groups excluding tert-OH is 1. The van der Waals surface area contributed by atoms with Gasteiger partial charge in [-0.25, -0.2) is 0 Å². The van der Waals surface area contributed by atoms with Gasteiger partial charge in [0.1, 0.15) is 0 Å². The average Bonchev–Trinajstić information content (AvgIpc) is 2.66. The molecule has 142 valence electrons. The Balaban J connectivity index is 1.62. The van der Waals surface area contributed by atoms with Gasteiger partial charge in [0.15, 0.2) is 0 Å². The molecule has 2 atom stereocenters. The summed E-state index contributed by atoms with van der Waals surface area (Å²) >= 11 is 0. The van der Waals surface area contributed by atoms with Crippen molar-refractivity contribution in [2.45, 2.75) is 31.7 Å². The van der Waals surface area contributed by atoms with E-state index < -0.39 is 17.8 Å². The second kappa shape index (κ2) is 8.11. The topological polar surface area (TPSA) is 32.3 Å². The van der Waals surface area contributed by atoms with E-state index in [9.17, 15) is 18.3 Å². The zero-order chi connectivity index (χ0) is 19.4. The van der Waals surface area contributed by atoms with Crippen LogP contribution in [0.1, 0.15) is 42.2 Å². The van der Waals surface area contributed by atoms with Crippen molar-refractivity contribution in [1.29, 1.82) is 0 Å². The Morgan fingerprint density at radius 2 is 1.67 bits per heavy atom. The van der Waals surface area contributed by atoms with E-state index in [1.807, 2.05) is 25.1 Å². The van der Waals surface area contributed by atoms with E-state index in [-0.39, 0.29) is 11.6 Å². The quantitative estimate of drug-likeness (QED) is 0.587. The van der Waals surface area contributed by atoms with Crippen LogP contribution in [0.15, 0.2) is 66.7 Å². The maximum absolute atomic E-state index is 12.8. The second-order valence-electron chi connectivity index (χ2n) is 6.67. The van der Waals surface area contributed by atoms with Crippen LogP contribution in [0.2, 0.25) is 0 Å².